The van der Waals surface area contributed by atoms with Crippen molar-refractivity contribution in [1.82, 2.24) is 4.90 Å². The van der Waals surface area contributed by atoms with Crippen LogP contribution in [0.2, 0.25) is 0 Å². The molecule has 0 spiro atoms. The van der Waals surface area contributed by atoms with E-state index in [-0.39, 0.29) is 5.97 Å². The molecular weight excluding hydrogens is 198 g/mol. The number of fused-ring (bicyclic) bond motifs is 1. The molecule has 1 aromatic heterocycles. The fraction of sp³-hybridized carbons (Fsp3) is 0.500. The van der Waals surface area contributed by atoms with E-state index in [0.717, 1.165) is 25.1 Å². The van der Waals surface area contributed by atoms with Crippen molar-refractivity contribution in [3.8, 4) is 0 Å². The molecule has 0 amide bonds. The van der Waals surface area contributed by atoms with E-state index in [0.29, 0.717) is 0 Å². The maximum Gasteiger partial charge on any atom is 0.338 e. The molecule has 0 N–H and O–H groups in total. The SMILES string of the molecule is COC(=O)c1csc2c1CCN(C)C2. The second kappa shape index (κ2) is 3.71. The van der Waals surface area contributed by atoms with Crippen molar-refractivity contribution >= 4 is 17.3 Å². The van der Waals surface area contributed by atoms with Gasteiger partial charge in [0.2, 0.25) is 0 Å². The number of esters is 1. The van der Waals surface area contributed by atoms with Crippen LogP contribution in [0.25, 0.3) is 0 Å². The van der Waals surface area contributed by atoms with Crippen molar-refractivity contribution in [1.29, 1.82) is 0 Å². The first kappa shape index (κ1) is 9.68. The van der Waals surface area contributed by atoms with Crippen LogP contribution in [0.3, 0.4) is 0 Å². The highest BCUT2D eigenvalue weighted by atomic mass is 32.1. The van der Waals surface area contributed by atoms with Crippen molar-refractivity contribution in [2.75, 3.05) is 20.7 Å². The molecule has 3 nitrogen and oxygen atoms in total. The van der Waals surface area contributed by atoms with E-state index in [2.05, 4.69) is 11.9 Å². The molecule has 2 heterocycles. The maximum absolute atomic E-state index is 11.4. The Morgan fingerprint density at radius 3 is 3.14 bits per heavy atom. The molecule has 0 fully saturated rings. The van der Waals surface area contributed by atoms with Crippen molar-refractivity contribution < 1.29 is 9.53 Å². The third-order valence-corrected chi connectivity index (χ3v) is 3.56. The summed E-state index contributed by atoms with van der Waals surface area (Å²) in [6, 6.07) is 0. The monoisotopic (exact) mass is 211 g/mol. The molecule has 0 saturated carbocycles. The largest absolute Gasteiger partial charge is 0.465 e. The third-order valence-electron chi connectivity index (χ3n) is 2.54. The number of likely N-dealkylation sites (N-methyl/N-ethyl adjacent to an activating group) is 1. The minimum absolute atomic E-state index is 0.202. The Labute approximate surface area is 87.3 Å². The zero-order chi connectivity index (χ0) is 10.1. The Hall–Kier alpha value is -0.870. The van der Waals surface area contributed by atoms with Crippen LogP contribution in [0.5, 0.6) is 0 Å². The van der Waals surface area contributed by atoms with Gasteiger partial charge in [-0.3, -0.25) is 0 Å². The number of carbonyl (C=O) groups is 1. The zero-order valence-corrected chi connectivity index (χ0v) is 9.19. The van der Waals surface area contributed by atoms with Crippen LogP contribution in [-0.4, -0.2) is 31.6 Å². The van der Waals surface area contributed by atoms with E-state index < -0.39 is 0 Å². The first-order valence-electron chi connectivity index (χ1n) is 4.58. The van der Waals surface area contributed by atoms with Gasteiger partial charge < -0.3 is 9.64 Å². The van der Waals surface area contributed by atoms with Gasteiger partial charge in [0, 0.05) is 23.3 Å². The molecule has 0 aliphatic carbocycles. The Balaban J connectivity index is 2.33. The van der Waals surface area contributed by atoms with Gasteiger partial charge in [0.25, 0.3) is 0 Å². The molecule has 0 radical (unpaired) electrons. The van der Waals surface area contributed by atoms with Crippen molar-refractivity contribution in [2.24, 2.45) is 0 Å². The molecule has 0 saturated heterocycles. The summed E-state index contributed by atoms with van der Waals surface area (Å²) in [5, 5.41) is 1.91. The van der Waals surface area contributed by atoms with Gasteiger partial charge in [0.05, 0.1) is 12.7 Å². The van der Waals surface area contributed by atoms with Crippen LogP contribution in [-0.2, 0) is 17.7 Å². The summed E-state index contributed by atoms with van der Waals surface area (Å²) in [4.78, 5) is 15.0. The summed E-state index contributed by atoms with van der Waals surface area (Å²) >= 11 is 1.66. The molecule has 0 atom stereocenters. The molecule has 0 bridgehead atoms. The van der Waals surface area contributed by atoms with Gasteiger partial charge in [0.1, 0.15) is 0 Å². The van der Waals surface area contributed by atoms with E-state index in [1.54, 1.807) is 11.3 Å². The minimum atomic E-state index is -0.202. The van der Waals surface area contributed by atoms with E-state index in [1.165, 1.54) is 17.6 Å². The lowest BCUT2D eigenvalue weighted by atomic mass is 10.0. The number of rotatable bonds is 1. The van der Waals surface area contributed by atoms with E-state index in [1.807, 2.05) is 5.38 Å². The third kappa shape index (κ3) is 1.55. The molecule has 1 aliphatic rings. The van der Waals surface area contributed by atoms with Crippen LogP contribution in [0.15, 0.2) is 5.38 Å². The predicted molar refractivity (Wildman–Crippen MR) is 55.7 cm³/mol. The molecule has 1 aliphatic heterocycles. The topological polar surface area (TPSA) is 29.5 Å². The Morgan fingerprint density at radius 2 is 2.43 bits per heavy atom. The quantitative estimate of drug-likeness (QED) is 0.660. The number of nitrogens with zero attached hydrogens (tertiary/aromatic N) is 1. The molecule has 0 aromatic carbocycles. The van der Waals surface area contributed by atoms with Crippen LogP contribution in [0.1, 0.15) is 20.8 Å². The number of methoxy groups -OCH3 is 1. The normalized spacial score (nSPS) is 16.4. The number of carbonyl (C=O) groups excluding carboxylic acids is 1. The summed E-state index contributed by atoms with van der Waals surface area (Å²) in [6.07, 6.45) is 0.958. The predicted octanol–water partition coefficient (Wildman–Crippen LogP) is 1.52. The zero-order valence-electron chi connectivity index (χ0n) is 8.37. The second-order valence-electron chi connectivity index (χ2n) is 3.53. The highest BCUT2D eigenvalue weighted by Gasteiger charge is 2.22. The van der Waals surface area contributed by atoms with Crippen LogP contribution in [0.4, 0.5) is 0 Å². The first-order valence-corrected chi connectivity index (χ1v) is 5.46. The Bertz CT molecular complexity index is 359. The van der Waals surface area contributed by atoms with Gasteiger partial charge in [0.15, 0.2) is 0 Å². The van der Waals surface area contributed by atoms with Crippen molar-refractivity contribution in [3.63, 3.8) is 0 Å². The maximum atomic E-state index is 11.4. The van der Waals surface area contributed by atoms with Crippen molar-refractivity contribution in [2.45, 2.75) is 13.0 Å². The fourth-order valence-corrected chi connectivity index (χ4v) is 2.89. The van der Waals surface area contributed by atoms with Gasteiger partial charge >= 0.3 is 5.97 Å². The Morgan fingerprint density at radius 1 is 1.64 bits per heavy atom. The standard InChI is InChI=1S/C10H13NO2S/c1-11-4-3-7-8(10(12)13-2)6-14-9(7)5-11/h6H,3-5H2,1-2H3. The number of hydrogen-bond acceptors (Lipinski definition) is 4. The van der Waals surface area contributed by atoms with E-state index >= 15 is 0 Å². The van der Waals surface area contributed by atoms with E-state index in [9.17, 15) is 4.79 Å². The molecule has 14 heavy (non-hydrogen) atoms. The minimum Gasteiger partial charge on any atom is -0.465 e. The number of ether oxygens (including phenoxy) is 1. The summed E-state index contributed by atoms with van der Waals surface area (Å²) in [5.41, 5.74) is 1.96. The average Bonchev–Trinajstić information content (AvgIpc) is 2.59. The lowest BCUT2D eigenvalue weighted by molar-refractivity contribution is 0.0599. The molecule has 2 rings (SSSR count). The summed E-state index contributed by atoms with van der Waals surface area (Å²) in [7, 11) is 3.53. The molecule has 4 heteroatoms. The summed E-state index contributed by atoms with van der Waals surface area (Å²) < 4.78 is 4.74. The van der Waals surface area contributed by atoms with Gasteiger partial charge in [-0.2, -0.15) is 0 Å². The highest BCUT2D eigenvalue weighted by Crippen LogP contribution is 2.28. The average molecular weight is 211 g/mol. The molecule has 76 valence electrons. The second-order valence-corrected chi connectivity index (χ2v) is 4.49. The van der Waals surface area contributed by atoms with Gasteiger partial charge in [-0.15, -0.1) is 11.3 Å². The first-order chi connectivity index (χ1) is 6.72. The fourth-order valence-electron chi connectivity index (χ4n) is 1.74. The lowest BCUT2D eigenvalue weighted by Gasteiger charge is -2.22. The van der Waals surface area contributed by atoms with E-state index in [4.69, 9.17) is 4.74 Å². The molecule has 0 unspecified atom stereocenters. The summed E-state index contributed by atoms with van der Waals surface area (Å²) in [5.74, 6) is -0.202. The van der Waals surface area contributed by atoms with Crippen LogP contribution in [0, 0.1) is 0 Å². The van der Waals surface area contributed by atoms with Crippen LogP contribution < -0.4 is 0 Å². The van der Waals surface area contributed by atoms with Gasteiger partial charge in [-0.05, 0) is 19.0 Å². The molecule has 1 aromatic rings. The molecular formula is C10H13NO2S. The highest BCUT2D eigenvalue weighted by molar-refractivity contribution is 7.10. The van der Waals surface area contributed by atoms with Gasteiger partial charge in [-0.1, -0.05) is 0 Å². The van der Waals surface area contributed by atoms with Crippen molar-refractivity contribution in [3.05, 3.63) is 21.4 Å². The lowest BCUT2D eigenvalue weighted by Crippen LogP contribution is -2.26. The van der Waals surface area contributed by atoms with Gasteiger partial charge in [-0.25, -0.2) is 4.79 Å². The Kier molecular flexibility index (Phi) is 2.56. The van der Waals surface area contributed by atoms with Crippen LogP contribution >= 0.6 is 11.3 Å². The number of thiophene rings is 1. The summed E-state index contributed by atoms with van der Waals surface area (Å²) in [6.45, 7) is 1.98. The smallest absolute Gasteiger partial charge is 0.338 e. The number of hydrogen-bond donors (Lipinski definition) is 0.